The van der Waals surface area contributed by atoms with Gasteiger partial charge in [0, 0.05) is 0 Å². The fourth-order valence-electron chi connectivity index (χ4n) is 4.54. The van der Waals surface area contributed by atoms with E-state index in [0.29, 0.717) is 39.1 Å². The molecule has 3 atom stereocenters. The van der Waals surface area contributed by atoms with Crippen LogP contribution in [0, 0.1) is 17.8 Å². The lowest BCUT2D eigenvalue weighted by molar-refractivity contribution is -0.167. The maximum Gasteiger partial charge on any atom is 0.309 e. The van der Waals surface area contributed by atoms with Crippen molar-refractivity contribution in [3.05, 3.63) is 0 Å². The second-order valence-electron chi connectivity index (χ2n) is 9.76. The van der Waals surface area contributed by atoms with Crippen molar-refractivity contribution in [2.45, 2.75) is 124 Å². The van der Waals surface area contributed by atoms with Crippen LogP contribution in [-0.4, -0.2) is 37.7 Å². The molecule has 0 aliphatic heterocycles. The van der Waals surface area contributed by atoms with E-state index in [-0.39, 0.29) is 23.8 Å². The van der Waals surface area contributed by atoms with Gasteiger partial charge in [-0.05, 0) is 38.5 Å². The van der Waals surface area contributed by atoms with Crippen molar-refractivity contribution >= 4 is 17.9 Å². The van der Waals surface area contributed by atoms with E-state index in [1.54, 1.807) is 0 Å². The number of ether oxygens (including phenoxy) is 3. The van der Waals surface area contributed by atoms with Crippen LogP contribution < -0.4 is 0 Å². The molecule has 1 aliphatic carbocycles. The number of carbonyl (C=O) groups excluding carboxylic acids is 3. The summed E-state index contributed by atoms with van der Waals surface area (Å²) in [4.78, 5) is 38.3. The molecule has 0 aromatic heterocycles. The van der Waals surface area contributed by atoms with Gasteiger partial charge in [0.15, 0.2) is 0 Å². The highest BCUT2D eigenvalue weighted by atomic mass is 16.5. The molecule has 0 amide bonds. The Morgan fingerprint density at radius 3 is 1.44 bits per heavy atom. The molecule has 0 bridgehead atoms. The van der Waals surface area contributed by atoms with Crippen molar-refractivity contribution in [2.75, 3.05) is 19.8 Å². The first-order valence-corrected chi connectivity index (χ1v) is 14.0. The standard InChI is InChI=1S/C28H50O6/c1-4-7-10-13-16-19-32-26(29)23-17-18-24(27(30)33-20-14-11-8-5-2)25(22-23)28(31)34-21-15-12-9-6-3/h23-25H,4-22H2,1-3H3. The molecule has 0 aromatic carbocycles. The molecule has 0 saturated heterocycles. The van der Waals surface area contributed by atoms with Crippen LogP contribution in [0.4, 0.5) is 0 Å². The summed E-state index contributed by atoms with van der Waals surface area (Å²) in [5, 5.41) is 0. The van der Waals surface area contributed by atoms with Crippen LogP contribution in [0.15, 0.2) is 0 Å². The highest BCUT2D eigenvalue weighted by molar-refractivity contribution is 5.83. The van der Waals surface area contributed by atoms with Crippen molar-refractivity contribution in [3.8, 4) is 0 Å². The lowest BCUT2D eigenvalue weighted by Gasteiger charge is -2.32. The third-order valence-corrected chi connectivity index (χ3v) is 6.77. The van der Waals surface area contributed by atoms with E-state index >= 15 is 0 Å². The van der Waals surface area contributed by atoms with E-state index in [9.17, 15) is 14.4 Å². The van der Waals surface area contributed by atoms with Gasteiger partial charge in [0.05, 0.1) is 37.6 Å². The summed E-state index contributed by atoms with van der Waals surface area (Å²) in [5.74, 6) is -2.48. The second kappa shape index (κ2) is 19.7. The van der Waals surface area contributed by atoms with Crippen LogP contribution in [-0.2, 0) is 28.6 Å². The Hall–Kier alpha value is -1.59. The van der Waals surface area contributed by atoms with Crippen LogP contribution in [0.3, 0.4) is 0 Å². The quantitative estimate of drug-likeness (QED) is 0.115. The zero-order chi connectivity index (χ0) is 25.0. The van der Waals surface area contributed by atoms with Gasteiger partial charge in [-0.3, -0.25) is 14.4 Å². The van der Waals surface area contributed by atoms with Gasteiger partial charge in [0.25, 0.3) is 0 Å². The summed E-state index contributed by atoms with van der Waals surface area (Å²) in [7, 11) is 0. The van der Waals surface area contributed by atoms with Crippen molar-refractivity contribution in [1.29, 1.82) is 0 Å². The lowest BCUT2D eigenvalue weighted by atomic mass is 9.74. The SMILES string of the molecule is CCCCCCCOC(=O)C1CCC(C(=O)OCCCCCC)C(C(=O)OCCCCCC)C1. The maximum absolute atomic E-state index is 12.9. The molecule has 1 fully saturated rings. The molecule has 34 heavy (non-hydrogen) atoms. The van der Waals surface area contributed by atoms with Gasteiger partial charge < -0.3 is 14.2 Å². The Kier molecular flexibility index (Phi) is 17.6. The summed E-state index contributed by atoms with van der Waals surface area (Å²) in [6.07, 6.45) is 15.0. The Morgan fingerprint density at radius 2 is 0.941 bits per heavy atom. The molecule has 198 valence electrons. The Balaban J connectivity index is 2.60. The zero-order valence-corrected chi connectivity index (χ0v) is 22.1. The van der Waals surface area contributed by atoms with Gasteiger partial charge in [0.2, 0.25) is 0 Å². The highest BCUT2D eigenvalue weighted by Gasteiger charge is 2.43. The van der Waals surface area contributed by atoms with Crippen LogP contribution in [0.25, 0.3) is 0 Å². The molecule has 1 saturated carbocycles. The Bertz CT molecular complexity index is 561. The van der Waals surface area contributed by atoms with Crippen molar-refractivity contribution < 1.29 is 28.6 Å². The van der Waals surface area contributed by atoms with E-state index in [2.05, 4.69) is 20.8 Å². The number of esters is 3. The number of carbonyl (C=O) groups is 3. The average molecular weight is 483 g/mol. The number of unbranched alkanes of at least 4 members (excludes halogenated alkanes) is 10. The van der Waals surface area contributed by atoms with E-state index in [1.165, 1.54) is 12.8 Å². The third-order valence-electron chi connectivity index (χ3n) is 6.77. The smallest absolute Gasteiger partial charge is 0.309 e. The number of rotatable bonds is 19. The zero-order valence-electron chi connectivity index (χ0n) is 22.1. The maximum atomic E-state index is 12.9. The first kappa shape index (κ1) is 30.4. The molecule has 3 unspecified atom stereocenters. The van der Waals surface area contributed by atoms with Crippen LogP contribution in [0.1, 0.15) is 124 Å². The minimum Gasteiger partial charge on any atom is -0.465 e. The molecular weight excluding hydrogens is 432 g/mol. The Morgan fingerprint density at radius 1 is 0.529 bits per heavy atom. The number of hydrogen-bond donors (Lipinski definition) is 0. The summed E-state index contributed by atoms with van der Waals surface area (Å²) in [5.41, 5.74) is 0. The second-order valence-corrected chi connectivity index (χ2v) is 9.76. The normalized spacial score (nSPS) is 20.0. The first-order valence-electron chi connectivity index (χ1n) is 14.0. The fourth-order valence-corrected chi connectivity index (χ4v) is 4.54. The minimum atomic E-state index is -0.634. The predicted molar refractivity (Wildman–Crippen MR) is 134 cm³/mol. The van der Waals surface area contributed by atoms with Crippen LogP contribution >= 0.6 is 0 Å². The highest BCUT2D eigenvalue weighted by Crippen LogP contribution is 2.36. The van der Waals surface area contributed by atoms with Gasteiger partial charge in [-0.25, -0.2) is 0 Å². The Labute approximate surface area is 207 Å². The number of hydrogen-bond acceptors (Lipinski definition) is 6. The molecule has 0 heterocycles. The summed E-state index contributed by atoms with van der Waals surface area (Å²) in [6.45, 7) is 7.62. The molecule has 1 rings (SSSR count). The van der Waals surface area contributed by atoms with Crippen molar-refractivity contribution in [2.24, 2.45) is 17.8 Å². The third kappa shape index (κ3) is 12.8. The van der Waals surface area contributed by atoms with Crippen LogP contribution in [0.5, 0.6) is 0 Å². The monoisotopic (exact) mass is 482 g/mol. The molecule has 0 N–H and O–H groups in total. The van der Waals surface area contributed by atoms with Gasteiger partial charge in [-0.1, -0.05) is 85.0 Å². The van der Waals surface area contributed by atoms with Crippen molar-refractivity contribution in [3.63, 3.8) is 0 Å². The summed E-state index contributed by atoms with van der Waals surface area (Å²) >= 11 is 0. The summed E-state index contributed by atoms with van der Waals surface area (Å²) < 4.78 is 16.5. The van der Waals surface area contributed by atoms with Gasteiger partial charge in [-0.2, -0.15) is 0 Å². The van der Waals surface area contributed by atoms with E-state index < -0.39 is 11.8 Å². The molecule has 1 aliphatic rings. The summed E-state index contributed by atoms with van der Waals surface area (Å²) in [6, 6.07) is 0. The molecule has 6 heteroatoms. The van der Waals surface area contributed by atoms with E-state index in [4.69, 9.17) is 14.2 Å². The first-order chi connectivity index (χ1) is 16.5. The van der Waals surface area contributed by atoms with Gasteiger partial charge in [-0.15, -0.1) is 0 Å². The molecular formula is C28H50O6. The van der Waals surface area contributed by atoms with Gasteiger partial charge >= 0.3 is 17.9 Å². The topological polar surface area (TPSA) is 78.9 Å². The average Bonchev–Trinajstić information content (AvgIpc) is 2.85. The fraction of sp³-hybridized carbons (Fsp3) is 0.893. The predicted octanol–water partition coefficient (Wildman–Crippen LogP) is 6.78. The lowest BCUT2D eigenvalue weighted by Crippen LogP contribution is -2.40. The molecule has 0 spiro atoms. The van der Waals surface area contributed by atoms with E-state index in [0.717, 1.165) is 70.6 Å². The van der Waals surface area contributed by atoms with Crippen molar-refractivity contribution in [1.82, 2.24) is 0 Å². The molecule has 0 radical (unpaired) electrons. The van der Waals surface area contributed by atoms with Crippen LogP contribution in [0.2, 0.25) is 0 Å². The van der Waals surface area contributed by atoms with Gasteiger partial charge in [0.1, 0.15) is 0 Å². The molecule has 6 nitrogen and oxygen atoms in total. The minimum absolute atomic E-state index is 0.248. The molecule has 0 aromatic rings. The van der Waals surface area contributed by atoms with E-state index in [1.807, 2.05) is 0 Å². The largest absolute Gasteiger partial charge is 0.465 e.